The van der Waals surface area contributed by atoms with E-state index < -0.39 is 40.6 Å². The van der Waals surface area contributed by atoms with Crippen LogP contribution in [-0.4, -0.2) is 91.4 Å². The smallest absolute Gasteiger partial charge is 0.408 e. The fourth-order valence-electron chi connectivity index (χ4n) is 4.64. The van der Waals surface area contributed by atoms with Crippen molar-refractivity contribution in [2.75, 3.05) is 17.7 Å². The molecular formula is C31H39B3N8O7. The van der Waals surface area contributed by atoms with Gasteiger partial charge >= 0.3 is 6.09 Å². The Morgan fingerprint density at radius 3 is 2.29 bits per heavy atom. The molecule has 2 aromatic heterocycles. The monoisotopic (exact) mass is 668 g/mol. The number of carbonyl (C=O) groups excluding carboxylic acids is 3. The number of nitrogens with one attached hydrogen (secondary N) is 4. The number of hydrogen-bond donors (Lipinski definition) is 4. The third-order valence-corrected chi connectivity index (χ3v) is 6.66. The van der Waals surface area contributed by atoms with Crippen molar-refractivity contribution < 1.29 is 33.1 Å². The van der Waals surface area contributed by atoms with E-state index in [0.29, 0.717) is 11.3 Å². The number of aromatic nitrogens is 4. The number of methoxy groups -OCH3 is 1. The van der Waals surface area contributed by atoms with Crippen LogP contribution in [0.5, 0.6) is 5.75 Å². The lowest BCUT2D eigenvalue weighted by Gasteiger charge is -2.30. The van der Waals surface area contributed by atoms with Crippen LogP contribution in [0, 0.1) is 5.92 Å². The van der Waals surface area contributed by atoms with Crippen LogP contribution >= 0.6 is 0 Å². The molecule has 18 heteroatoms. The van der Waals surface area contributed by atoms with E-state index in [4.69, 9.17) is 42.3 Å². The summed E-state index contributed by atoms with van der Waals surface area (Å²) in [6.45, 7) is 12.7. The van der Waals surface area contributed by atoms with Crippen LogP contribution < -0.4 is 26.0 Å². The standard InChI is InChI=1S/C31H39B3N8O7/c1-15(47-29(2,3)4)21(37-28(45)48-30(5,6)7)24-38-27(49-42-24)17-10-9-11-18(23(17)46-8)35-19-14-20(36-25(43)16-12-13-16)40-41-22(19)26(44)39-31(32,33)34/h9-11,14-16,21H,12-13H2,1-8H3,(H,37,45)(H,39,44)(H2,35,36,40,43)/t15-,21+/m1/s1. The largest absolute Gasteiger partial charge is 0.494 e. The highest BCUT2D eigenvalue weighted by molar-refractivity contribution is 6.60. The van der Waals surface area contributed by atoms with Crippen LogP contribution in [0.25, 0.3) is 11.5 Å². The number of ether oxygens (including phenoxy) is 3. The topological polar surface area (TPSA) is 192 Å². The number of para-hydroxylation sites is 1. The molecule has 0 bridgehead atoms. The minimum Gasteiger partial charge on any atom is -0.494 e. The highest BCUT2D eigenvalue weighted by atomic mass is 16.6. The summed E-state index contributed by atoms with van der Waals surface area (Å²) in [6.07, 6.45) is 0.267. The Balaban J connectivity index is 1.70. The van der Waals surface area contributed by atoms with Gasteiger partial charge in [0.1, 0.15) is 11.6 Å². The van der Waals surface area contributed by atoms with Gasteiger partial charge in [0.25, 0.3) is 11.8 Å². The first-order valence-electron chi connectivity index (χ1n) is 15.6. The van der Waals surface area contributed by atoms with E-state index >= 15 is 0 Å². The van der Waals surface area contributed by atoms with Gasteiger partial charge in [-0.15, -0.1) is 10.2 Å². The van der Waals surface area contributed by atoms with E-state index in [1.54, 1.807) is 45.9 Å². The van der Waals surface area contributed by atoms with E-state index in [9.17, 15) is 14.4 Å². The maximum Gasteiger partial charge on any atom is 0.408 e. The first-order valence-corrected chi connectivity index (χ1v) is 15.6. The minimum atomic E-state index is -2.05. The molecule has 4 rings (SSSR count). The van der Waals surface area contributed by atoms with Crippen LogP contribution in [0.15, 0.2) is 28.8 Å². The van der Waals surface area contributed by atoms with Crippen LogP contribution in [0.4, 0.5) is 22.0 Å². The molecule has 0 saturated heterocycles. The molecule has 2 heterocycles. The number of hydrogen-bond acceptors (Lipinski definition) is 12. The number of carbonyl (C=O) groups is 3. The third kappa shape index (κ3) is 10.7. The molecule has 1 aliphatic carbocycles. The van der Waals surface area contributed by atoms with Gasteiger partial charge in [-0.2, -0.15) is 4.98 Å². The summed E-state index contributed by atoms with van der Waals surface area (Å²) in [4.78, 5) is 42.8. The van der Waals surface area contributed by atoms with Gasteiger partial charge in [-0.1, -0.05) is 16.5 Å². The molecule has 6 radical (unpaired) electrons. The molecule has 3 amide bonds. The minimum absolute atomic E-state index is 0.0526. The Kier molecular flexibility index (Phi) is 11.0. The zero-order chi connectivity index (χ0) is 36.3. The van der Waals surface area contributed by atoms with Gasteiger partial charge in [0.2, 0.25) is 5.91 Å². The molecule has 0 aliphatic heterocycles. The predicted octanol–water partition coefficient (Wildman–Crippen LogP) is 3.24. The van der Waals surface area contributed by atoms with E-state index in [0.717, 1.165) is 12.8 Å². The number of benzene rings is 1. The van der Waals surface area contributed by atoms with Crippen molar-refractivity contribution in [2.45, 2.75) is 89.9 Å². The first-order chi connectivity index (χ1) is 22.7. The Labute approximate surface area is 289 Å². The second-order valence-electron chi connectivity index (χ2n) is 13.7. The molecule has 49 heavy (non-hydrogen) atoms. The molecule has 1 aliphatic rings. The summed E-state index contributed by atoms with van der Waals surface area (Å²) >= 11 is 0. The zero-order valence-corrected chi connectivity index (χ0v) is 28.8. The first kappa shape index (κ1) is 37.2. The number of amides is 3. The van der Waals surface area contributed by atoms with Crippen molar-refractivity contribution in [2.24, 2.45) is 5.92 Å². The lowest BCUT2D eigenvalue weighted by molar-refractivity contribution is -0.117. The summed E-state index contributed by atoms with van der Waals surface area (Å²) in [5, 5.41) is 20.9. The highest BCUT2D eigenvalue weighted by Crippen LogP contribution is 2.39. The zero-order valence-electron chi connectivity index (χ0n) is 28.8. The van der Waals surface area contributed by atoms with E-state index in [2.05, 4.69) is 41.6 Å². The van der Waals surface area contributed by atoms with Crippen LogP contribution in [0.2, 0.25) is 0 Å². The van der Waals surface area contributed by atoms with Gasteiger partial charge < -0.3 is 40.0 Å². The molecular weight excluding hydrogens is 629 g/mol. The normalized spacial score (nSPS) is 14.7. The van der Waals surface area contributed by atoms with Crippen LogP contribution in [0.1, 0.15) is 83.7 Å². The Morgan fingerprint density at radius 1 is 1.00 bits per heavy atom. The molecule has 254 valence electrons. The Hall–Kier alpha value is -4.60. The van der Waals surface area contributed by atoms with Crippen molar-refractivity contribution >= 4 is 58.6 Å². The quantitative estimate of drug-likeness (QED) is 0.207. The fourth-order valence-corrected chi connectivity index (χ4v) is 4.64. The number of anilines is 3. The number of nitrogens with zero attached hydrogens (tertiary/aromatic N) is 4. The maximum absolute atomic E-state index is 13.0. The fraction of sp³-hybridized carbons (Fsp3) is 0.516. The molecule has 1 fully saturated rings. The second-order valence-corrected chi connectivity index (χ2v) is 13.7. The molecule has 1 aromatic carbocycles. The van der Waals surface area contributed by atoms with Gasteiger partial charge in [-0.05, 0) is 73.4 Å². The maximum atomic E-state index is 13.0. The highest BCUT2D eigenvalue weighted by Gasteiger charge is 2.33. The molecule has 4 N–H and O–H groups in total. The summed E-state index contributed by atoms with van der Waals surface area (Å²) < 4.78 is 23.0. The van der Waals surface area contributed by atoms with Crippen molar-refractivity contribution in [3.05, 3.63) is 35.8 Å². The van der Waals surface area contributed by atoms with Crippen molar-refractivity contribution in [3.8, 4) is 17.2 Å². The van der Waals surface area contributed by atoms with Crippen LogP contribution in [0.3, 0.4) is 0 Å². The van der Waals surface area contributed by atoms with Gasteiger partial charge in [-0.25, -0.2) is 4.79 Å². The van der Waals surface area contributed by atoms with Gasteiger partial charge in [0, 0.05) is 12.0 Å². The Bertz CT molecular complexity index is 1680. The number of rotatable bonds is 12. The van der Waals surface area contributed by atoms with Gasteiger partial charge in [-0.3, -0.25) is 9.59 Å². The van der Waals surface area contributed by atoms with Crippen molar-refractivity contribution in [1.82, 2.24) is 31.0 Å². The van der Waals surface area contributed by atoms with Crippen LogP contribution in [-0.2, 0) is 14.3 Å². The molecule has 2 atom stereocenters. The van der Waals surface area contributed by atoms with Crippen molar-refractivity contribution in [3.63, 3.8) is 0 Å². The molecule has 1 saturated carbocycles. The lowest BCUT2D eigenvalue weighted by Crippen LogP contribution is -2.50. The number of alkyl carbamates (subject to hydrolysis) is 1. The molecule has 3 aromatic rings. The summed E-state index contributed by atoms with van der Waals surface area (Å²) in [5.74, 6) is -0.637. The Morgan fingerprint density at radius 2 is 1.69 bits per heavy atom. The molecule has 0 spiro atoms. The van der Waals surface area contributed by atoms with E-state index in [-0.39, 0.29) is 46.5 Å². The average molecular weight is 668 g/mol. The predicted molar refractivity (Wildman–Crippen MR) is 183 cm³/mol. The van der Waals surface area contributed by atoms with Gasteiger partial charge in [0.05, 0.1) is 59.3 Å². The molecule has 15 nitrogen and oxygen atoms in total. The summed E-state index contributed by atoms with van der Waals surface area (Å²) in [7, 11) is 18.2. The van der Waals surface area contributed by atoms with Crippen molar-refractivity contribution in [1.29, 1.82) is 0 Å². The third-order valence-electron chi connectivity index (χ3n) is 6.66. The average Bonchev–Trinajstić information content (AvgIpc) is 3.70. The van der Waals surface area contributed by atoms with Gasteiger partial charge in [0.15, 0.2) is 23.1 Å². The summed E-state index contributed by atoms with van der Waals surface area (Å²) in [6, 6.07) is 5.59. The SMILES string of the molecule is [B]C([B])([B])NC(=O)c1nnc(NC(=O)C2CC2)cc1Nc1cccc(-c2nc([C@@H](NC(=O)OC(C)(C)C)[C@@H](C)OC(C)(C)C)no2)c1OC. The lowest BCUT2D eigenvalue weighted by atomic mass is 9.49. The summed E-state index contributed by atoms with van der Waals surface area (Å²) in [5.41, 5.74) is -0.713. The van der Waals surface area contributed by atoms with E-state index in [1.807, 2.05) is 20.8 Å². The van der Waals surface area contributed by atoms with E-state index in [1.165, 1.54) is 13.2 Å². The molecule has 0 unspecified atom stereocenters. The second kappa shape index (κ2) is 14.5.